The summed E-state index contributed by atoms with van der Waals surface area (Å²) in [6, 6.07) is 8.86. The van der Waals surface area contributed by atoms with Crippen molar-refractivity contribution in [2.45, 2.75) is 38.4 Å². The number of esters is 1. The maximum Gasteiger partial charge on any atom is 0.348 e. The largest absolute Gasteiger partial charge is 0.479 e. The fourth-order valence-electron chi connectivity index (χ4n) is 1.58. The summed E-state index contributed by atoms with van der Waals surface area (Å²) in [6.45, 7) is 1.99. The van der Waals surface area contributed by atoms with Gasteiger partial charge in [-0.25, -0.2) is 4.79 Å². The van der Waals surface area contributed by atoms with Crippen molar-refractivity contribution in [1.29, 1.82) is 0 Å². The van der Waals surface area contributed by atoms with E-state index in [0.717, 1.165) is 12.8 Å². The Morgan fingerprint density at radius 3 is 2.40 bits per heavy atom. The van der Waals surface area contributed by atoms with E-state index in [9.17, 15) is 14.4 Å². The summed E-state index contributed by atoms with van der Waals surface area (Å²) in [4.78, 5) is 33.0. The summed E-state index contributed by atoms with van der Waals surface area (Å²) >= 11 is 0. The van der Waals surface area contributed by atoms with Crippen LogP contribution < -0.4 is 4.74 Å². The second kappa shape index (κ2) is 8.85. The molecule has 108 valence electrons. The number of rotatable bonds is 9. The van der Waals surface area contributed by atoms with Crippen LogP contribution in [0.3, 0.4) is 0 Å². The van der Waals surface area contributed by atoms with Crippen molar-refractivity contribution in [1.82, 2.24) is 0 Å². The van der Waals surface area contributed by atoms with E-state index in [2.05, 4.69) is 0 Å². The first-order chi connectivity index (χ1) is 9.71. The fraction of sp³-hybridized carbons (Fsp3) is 0.400. The number of carbonyl (C=O) groups excluding carboxylic acids is 3. The van der Waals surface area contributed by atoms with Crippen molar-refractivity contribution in [3.05, 3.63) is 30.3 Å². The van der Waals surface area contributed by atoms with Gasteiger partial charge in [0.15, 0.2) is 18.7 Å². The molecule has 0 amide bonds. The van der Waals surface area contributed by atoms with Crippen LogP contribution in [0.15, 0.2) is 30.3 Å². The molecule has 0 radical (unpaired) electrons. The molecule has 0 N–H and O–H groups in total. The molecule has 5 heteroatoms. The number of para-hydroxylation sites is 1. The molecule has 0 aliphatic rings. The first-order valence-corrected chi connectivity index (χ1v) is 6.54. The van der Waals surface area contributed by atoms with Gasteiger partial charge in [-0.1, -0.05) is 31.5 Å². The molecule has 0 saturated carbocycles. The zero-order chi connectivity index (χ0) is 14.8. The third-order valence-corrected chi connectivity index (χ3v) is 2.62. The molecular formula is C15H18O5. The van der Waals surface area contributed by atoms with Crippen LogP contribution in [0.4, 0.5) is 0 Å². The predicted molar refractivity (Wildman–Crippen MR) is 72.4 cm³/mol. The van der Waals surface area contributed by atoms with Crippen LogP contribution in [0, 0.1) is 0 Å². The molecule has 0 heterocycles. The van der Waals surface area contributed by atoms with E-state index >= 15 is 0 Å². The van der Waals surface area contributed by atoms with Crippen molar-refractivity contribution in [2.75, 3.05) is 0 Å². The fourth-order valence-corrected chi connectivity index (χ4v) is 1.58. The lowest BCUT2D eigenvalue weighted by molar-refractivity contribution is -0.161. The second-order valence-corrected chi connectivity index (χ2v) is 4.24. The summed E-state index contributed by atoms with van der Waals surface area (Å²) in [5.41, 5.74) is 0. The molecule has 5 nitrogen and oxygen atoms in total. The van der Waals surface area contributed by atoms with Crippen LogP contribution in [0.5, 0.6) is 5.75 Å². The Hall–Kier alpha value is -2.17. The molecule has 0 aromatic heterocycles. The molecule has 1 unspecified atom stereocenters. The molecule has 0 saturated heterocycles. The monoisotopic (exact) mass is 278 g/mol. The van der Waals surface area contributed by atoms with Crippen LogP contribution in [-0.2, 0) is 19.1 Å². The van der Waals surface area contributed by atoms with Crippen LogP contribution in [-0.4, -0.2) is 30.7 Å². The number of unbranched alkanes of at least 4 members (excludes halogenated alkanes) is 1. The minimum Gasteiger partial charge on any atom is -0.479 e. The molecule has 0 aliphatic heterocycles. The van der Waals surface area contributed by atoms with E-state index in [4.69, 9.17) is 9.47 Å². The van der Waals surface area contributed by atoms with Crippen molar-refractivity contribution in [3.8, 4) is 5.75 Å². The van der Waals surface area contributed by atoms with Crippen LogP contribution in [0.2, 0.25) is 0 Å². The summed E-state index contributed by atoms with van der Waals surface area (Å²) in [5, 5.41) is 0. The Bertz CT molecular complexity index is 421. The van der Waals surface area contributed by atoms with Crippen molar-refractivity contribution in [3.63, 3.8) is 0 Å². The molecule has 1 atom stereocenters. The van der Waals surface area contributed by atoms with Gasteiger partial charge in [0, 0.05) is 0 Å². The molecule has 0 fully saturated rings. The number of hydrogen-bond acceptors (Lipinski definition) is 5. The lowest BCUT2D eigenvalue weighted by atomic mass is 10.1. The van der Waals surface area contributed by atoms with Crippen LogP contribution in [0.25, 0.3) is 0 Å². The van der Waals surface area contributed by atoms with Crippen molar-refractivity contribution >= 4 is 18.5 Å². The van der Waals surface area contributed by atoms with Gasteiger partial charge in [-0.3, -0.25) is 9.59 Å². The quantitative estimate of drug-likeness (QED) is 0.392. The topological polar surface area (TPSA) is 69.7 Å². The number of carbonyl (C=O) groups is 3. The molecule has 0 spiro atoms. The Balaban J connectivity index is 2.69. The molecular weight excluding hydrogens is 260 g/mol. The van der Waals surface area contributed by atoms with Gasteiger partial charge in [-0.15, -0.1) is 0 Å². The second-order valence-electron chi connectivity index (χ2n) is 4.24. The summed E-state index contributed by atoms with van der Waals surface area (Å²) < 4.78 is 10.3. The Morgan fingerprint density at radius 1 is 1.20 bits per heavy atom. The summed E-state index contributed by atoms with van der Waals surface area (Å²) in [6.07, 6.45) is 0.515. The highest BCUT2D eigenvalue weighted by Crippen LogP contribution is 2.15. The van der Waals surface area contributed by atoms with Gasteiger partial charge in [0.1, 0.15) is 5.75 Å². The van der Waals surface area contributed by atoms with Gasteiger partial charge in [-0.05, 0) is 25.0 Å². The Morgan fingerprint density at radius 2 is 1.85 bits per heavy atom. The van der Waals surface area contributed by atoms with E-state index in [0.29, 0.717) is 12.2 Å². The van der Waals surface area contributed by atoms with Gasteiger partial charge >= 0.3 is 5.97 Å². The predicted octanol–water partition coefficient (Wildman–Crippen LogP) is 1.93. The normalized spacial score (nSPS) is 11.7. The van der Waals surface area contributed by atoms with Gasteiger partial charge in [0.05, 0.1) is 0 Å². The molecule has 1 aromatic rings. The average molecular weight is 278 g/mol. The number of aldehydes is 2. The number of benzene rings is 1. The number of hydrogen-bond donors (Lipinski definition) is 0. The Labute approximate surface area is 117 Å². The van der Waals surface area contributed by atoms with Crippen LogP contribution in [0.1, 0.15) is 26.2 Å². The third kappa shape index (κ3) is 5.22. The zero-order valence-electron chi connectivity index (χ0n) is 11.4. The Kier molecular flexibility index (Phi) is 7.03. The van der Waals surface area contributed by atoms with Crippen LogP contribution >= 0.6 is 0 Å². The minimum absolute atomic E-state index is 0.282. The minimum atomic E-state index is -1.37. The highest BCUT2D eigenvalue weighted by Gasteiger charge is 2.24. The van der Waals surface area contributed by atoms with E-state index in [-0.39, 0.29) is 12.6 Å². The van der Waals surface area contributed by atoms with Gasteiger partial charge < -0.3 is 9.47 Å². The summed E-state index contributed by atoms with van der Waals surface area (Å²) in [5.74, 6) is -0.161. The smallest absolute Gasteiger partial charge is 0.348 e. The number of ether oxygens (including phenoxy) is 2. The standard InChI is InChI=1S/C15H18O5/c1-2-3-9-14(15(18)20-13(10-16)11-17)19-12-7-5-4-6-8-12/h4-8,10-11,13-14H,2-3,9H2,1H3. The van der Waals surface area contributed by atoms with Crippen molar-refractivity contribution < 1.29 is 23.9 Å². The van der Waals surface area contributed by atoms with E-state index < -0.39 is 18.2 Å². The van der Waals surface area contributed by atoms with Gasteiger partial charge in [-0.2, -0.15) is 0 Å². The first kappa shape index (κ1) is 15.9. The highest BCUT2D eigenvalue weighted by atomic mass is 16.6. The van der Waals surface area contributed by atoms with E-state index in [1.54, 1.807) is 24.3 Å². The molecule has 0 aliphatic carbocycles. The highest BCUT2D eigenvalue weighted by molar-refractivity contribution is 5.86. The maximum atomic E-state index is 11.9. The zero-order valence-corrected chi connectivity index (χ0v) is 11.4. The molecule has 1 rings (SSSR count). The summed E-state index contributed by atoms with van der Waals surface area (Å²) in [7, 11) is 0. The van der Waals surface area contributed by atoms with Crippen molar-refractivity contribution in [2.24, 2.45) is 0 Å². The third-order valence-electron chi connectivity index (χ3n) is 2.62. The van der Waals surface area contributed by atoms with E-state index in [1.165, 1.54) is 0 Å². The SMILES string of the molecule is CCCCC(Oc1ccccc1)C(=O)OC(C=O)C=O. The van der Waals surface area contributed by atoms with Gasteiger partial charge in [0.2, 0.25) is 6.10 Å². The first-order valence-electron chi connectivity index (χ1n) is 6.54. The van der Waals surface area contributed by atoms with E-state index in [1.807, 2.05) is 13.0 Å². The lowest BCUT2D eigenvalue weighted by Gasteiger charge is -2.18. The average Bonchev–Trinajstić information content (AvgIpc) is 2.49. The molecule has 0 bridgehead atoms. The molecule has 1 aromatic carbocycles. The lowest BCUT2D eigenvalue weighted by Crippen LogP contribution is -2.33. The van der Waals surface area contributed by atoms with Gasteiger partial charge in [0.25, 0.3) is 0 Å². The molecule has 20 heavy (non-hydrogen) atoms. The maximum absolute atomic E-state index is 11.9.